The minimum absolute atomic E-state index is 0.106. The first-order valence-corrected chi connectivity index (χ1v) is 8.60. The number of hydrogen-bond acceptors (Lipinski definition) is 6. The standard InChI is InChI=1S/C20H16FN5O/c21-19-14(16-10-26-18(23)11-25-16)7-6-13(12-3-1-4-12)20(19)27-17-5-2-8-24-15(17)9-22/h2,5-8,10-12H,1,3-4H2,(H2,23,26). The Labute approximate surface area is 155 Å². The lowest BCUT2D eigenvalue weighted by Crippen LogP contribution is -2.11. The zero-order valence-electron chi connectivity index (χ0n) is 14.4. The molecule has 4 rings (SSSR count). The Bertz CT molecular complexity index is 1030. The minimum atomic E-state index is -0.536. The average molecular weight is 361 g/mol. The number of hydrogen-bond donors (Lipinski definition) is 1. The van der Waals surface area contributed by atoms with Gasteiger partial charge in [0.05, 0.1) is 18.1 Å². The van der Waals surface area contributed by atoms with E-state index in [9.17, 15) is 5.26 Å². The molecule has 0 bridgehead atoms. The molecule has 1 aliphatic carbocycles. The third-order valence-corrected chi connectivity index (χ3v) is 4.71. The monoisotopic (exact) mass is 361 g/mol. The van der Waals surface area contributed by atoms with Crippen molar-refractivity contribution in [2.75, 3.05) is 5.73 Å². The van der Waals surface area contributed by atoms with Crippen LogP contribution in [0.25, 0.3) is 11.3 Å². The molecule has 2 N–H and O–H groups in total. The number of nitrogens with two attached hydrogens (primary N) is 1. The van der Waals surface area contributed by atoms with Crippen LogP contribution in [0.3, 0.4) is 0 Å². The molecule has 1 aromatic carbocycles. The molecule has 6 nitrogen and oxygen atoms in total. The van der Waals surface area contributed by atoms with Gasteiger partial charge in [-0.15, -0.1) is 0 Å². The fourth-order valence-electron chi connectivity index (χ4n) is 3.06. The number of halogens is 1. The fourth-order valence-corrected chi connectivity index (χ4v) is 3.06. The van der Waals surface area contributed by atoms with E-state index in [-0.39, 0.29) is 34.5 Å². The summed E-state index contributed by atoms with van der Waals surface area (Å²) in [5.74, 6) is 0.297. The van der Waals surface area contributed by atoms with Crippen molar-refractivity contribution in [1.82, 2.24) is 15.0 Å². The van der Waals surface area contributed by atoms with E-state index in [0.29, 0.717) is 5.69 Å². The third kappa shape index (κ3) is 3.17. The van der Waals surface area contributed by atoms with Crippen molar-refractivity contribution in [2.24, 2.45) is 0 Å². The summed E-state index contributed by atoms with van der Waals surface area (Å²) in [6.07, 6.45) is 7.36. The number of ether oxygens (including phenoxy) is 1. The molecule has 3 aromatic rings. The predicted molar refractivity (Wildman–Crippen MR) is 97.5 cm³/mol. The molecule has 27 heavy (non-hydrogen) atoms. The lowest BCUT2D eigenvalue weighted by atomic mass is 9.79. The van der Waals surface area contributed by atoms with Crippen LogP contribution in [-0.4, -0.2) is 15.0 Å². The maximum Gasteiger partial charge on any atom is 0.183 e. The van der Waals surface area contributed by atoms with Gasteiger partial charge in [0.25, 0.3) is 0 Å². The van der Waals surface area contributed by atoms with Crippen molar-refractivity contribution in [2.45, 2.75) is 25.2 Å². The van der Waals surface area contributed by atoms with Crippen LogP contribution in [0.2, 0.25) is 0 Å². The highest BCUT2D eigenvalue weighted by Crippen LogP contribution is 2.45. The zero-order valence-corrected chi connectivity index (χ0v) is 14.4. The van der Waals surface area contributed by atoms with E-state index in [4.69, 9.17) is 10.5 Å². The van der Waals surface area contributed by atoms with Crippen molar-refractivity contribution >= 4 is 5.82 Å². The van der Waals surface area contributed by atoms with E-state index in [1.807, 2.05) is 12.1 Å². The Balaban J connectivity index is 1.82. The maximum atomic E-state index is 15.4. The quantitative estimate of drug-likeness (QED) is 0.748. The number of nitriles is 1. The van der Waals surface area contributed by atoms with E-state index in [0.717, 1.165) is 24.8 Å². The molecule has 2 heterocycles. The number of nitrogen functional groups attached to an aromatic ring is 1. The van der Waals surface area contributed by atoms with Crippen LogP contribution in [-0.2, 0) is 0 Å². The third-order valence-electron chi connectivity index (χ3n) is 4.71. The van der Waals surface area contributed by atoms with Crippen LogP contribution in [0.4, 0.5) is 10.2 Å². The molecule has 7 heteroatoms. The highest BCUT2D eigenvalue weighted by molar-refractivity contribution is 5.64. The van der Waals surface area contributed by atoms with Crippen LogP contribution in [0.1, 0.15) is 36.4 Å². The summed E-state index contributed by atoms with van der Waals surface area (Å²) in [7, 11) is 0. The molecule has 0 spiro atoms. The van der Waals surface area contributed by atoms with Gasteiger partial charge < -0.3 is 10.5 Å². The molecule has 0 atom stereocenters. The summed E-state index contributed by atoms with van der Waals surface area (Å²) in [6.45, 7) is 0. The molecule has 2 aromatic heterocycles. The van der Waals surface area contributed by atoms with Gasteiger partial charge in [0.15, 0.2) is 23.0 Å². The Morgan fingerprint density at radius 3 is 2.67 bits per heavy atom. The van der Waals surface area contributed by atoms with E-state index in [2.05, 4.69) is 15.0 Å². The molecule has 1 aliphatic rings. The highest BCUT2D eigenvalue weighted by Gasteiger charge is 2.27. The van der Waals surface area contributed by atoms with Crippen molar-refractivity contribution < 1.29 is 9.13 Å². The van der Waals surface area contributed by atoms with Gasteiger partial charge in [-0.3, -0.25) is 4.98 Å². The molecular weight excluding hydrogens is 345 g/mol. The molecule has 1 fully saturated rings. The van der Waals surface area contributed by atoms with Crippen LogP contribution in [0.15, 0.2) is 42.9 Å². The number of pyridine rings is 1. The average Bonchev–Trinajstić information content (AvgIpc) is 2.64. The number of benzene rings is 1. The van der Waals surface area contributed by atoms with E-state index in [1.54, 1.807) is 18.2 Å². The molecular formula is C20H16FN5O. The van der Waals surface area contributed by atoms with Crippen molar-refractivity contribution in [3.05, 3.63) is 59.9 Å². The summed E-state index contributed by atoms with van der Waals surface area (Å²) < 4.78 is 21.3. The first kappa shape index (κ1) is 16.9. The molecule has 0 unspecified atom stereocenters. The molecule has 0 aliphatic heterocycles. The summed E-state index contributed by atoms with van der Waals surface area (Å²) >= 11 is 0. The summed E-state index contributed by atoms with van der Waals surface area (Å²) in [4.78, 5) is 12.1. The van der Waals surface area contributed by atoms with E-state index in [1.165, 1.54) is 18.6 Å². The van der Waals surface area contributed by atoms with Crippen LogP contribution in [0, 0.1) is 17.1 Å². The van der Waals surface area contributed by atoms with Gasteiger partial charge in [-0.25, -0.2) is 14.4 Å². The van der Waals surface area contributed by atoms with E-state index < -0.39 is 5.82 Å². The van der Waals surface area contributed by atoms with Gasteiger partial charge >= 0.3 is 0 Å². The van der Waals surface area contributed by atoms with Gasteiger partial charge in [0.2, 0.25) is 0 Å². The van der Waals surface area contributed by atoms with Crippen molar-refractivity contribution in [3.8, 4) is 28.8 Å². The molecule has 0 radical (unpaired) electrons. The zero-order chi connectivity index (χ0) is 18.8. The Kier molecular flexibility index (Phi) is 4.38. The SMILES string of the molecule is N#Cc1ncccc1Oc1c(C2CCC2)ccc(-c2cnc(N)cn2)c1F. The smallest absolute Gasteiger partial charge is 0.183 e. The summed E-state index contributed by atoms with van der Waals surface area (Å²) in [5, 5.41) is 9.24. The van der Waals surface area contributed by atoms with Gasteiger partial charge in [-0.1, -0.05) is 12.5 Å². The summed E-state index contributed by atoms with van der Waals surface area (Å²) in [6, 6.07) is 8.76. The number of nitrogens with zero attached hydrogens (tertiary/aromatic N) is 4. The second-order valence-corrected chi connectivity index (χ2v) is 6.36. The highest BCUT2D eigenvalue weighted by atomic mass is 19.1. The van der Waals surface area contributed by atoms with Gasteiger partial charge in [-0.2, -0.15) is 5.26 Å². The Morgan fingerprint density at radius 1 is 1.15 bits per heavy atom. The topological polar surface area (TPSA) is 97.7 Å². The fraction of sp³-hybridized carbons (Fsp3) is 0.200. The predicted octanol–water partition coefficient (Wildman–Crippen LogP) is 4.19. The maximum absolute atomic E-state index is 15.4. The number of rotatable bonds is 4. The second-order valence-electron chi connectivity index (χ2n) is 6.36. The molecule has 0 saturated heterocycles. The van der Waals surface area contributed by atoms with Gasteiger partial charge in [0.1, 0.15) is 11.9 Å². The molecule has 134 valence electrons. The number of aromatic nitrogens is 3. The molecule has 0 amide bonds. The van der Waals surface area contributed by atoms with Crippen LogP contribution in [0.5, 0.6) is 11.5 Å². The first-order chi connectivity index (χ1) is 13.2. The largest absolute Gasteiger partial charge is 0.451 e. The van der Waals surface area contributed by atoms with Crippen molar-refractivity contribution in [1.29, 1.82) is 5.26 Å². The Hall–Kier alpha value is -3.53. The minimum Gasteiger partial charge on any atom is -0.451 e. The van der Waals surface area contributed by atoms with Gasteiger partial charge in [0, 0.05) is 17.3 Å². The second kappa shape index (κ2) is 7.00. The first-order valence-electron chi connectivity index (χ1n) is 8.60. The summed E-state index contributed by atoms with van der Waals surface area (Å²) in [5.41, 5.74) is 7.09. The normalized spacial score (nSPS) is 13.6. The van der Waals surface area contributed by atoms with Crippen molar-refractivity contribution in [3.63, 3.8) is 0 Å². The van der Waals surface area contributed by atoms with Crippen LogP contribution >= 0.6 is 0 Å². The van der Waals surface area contributed by atoms with Gasteiger partial charge in [-0.05, 0) is 37.0 Å². The lowest BCUT2D eigenvalue weighted by Gasteiger charge is -2.28. The van der Waals surface area contributed by atoms with E-state index >= 15 is 4.39 Å². The Morgan fingerprint density at radius 2 is 2.00 bits per heavy atom. The lowest BCUT2D eigenvalue weighted by molar-refractivity contribution is 0.383. The molecule has 1 saturated carbocycles. The van der Waals surface area contributed by atoms with Crippen LogP contribution < -0.4 is 10.5 Å². The number of anilines is 1.